The Labute approximate surface area is 114 Å². The van der Waals surface area contributed by atoms with Crippen molar-refractivity contribution in [1.82, 2.24) is 4.90 Å². The summed E-state index contributed by atoms with van der Waals surface area (Å²) >= 11 is 0. The summed E-state index contributed by atoms with van der Waals surface area (Å²) in [7, 11) is 0. The van der Waals surface area contributed by atoms with Crippen LogP contribution in [0.15, 0.2) is 0 Å². The van der Waals surface area contributed by atoms with Crippen molar-refractivity contribution in [1.29, 1.82) is 0 Å². The molecule has 1 atom stereocenters. The Bertz CT molecular complexity index is 360. The minimum Gasteiger partial charge on any atom is -0.444 e. The van der Waals surface area contributed by atoms with Crippen molar-refractivity contribution in [2.45, 2.75) is 59.1 Å². The van der Waals surface area contributed by atoms with Crippen LogP contribution in [0.2, 0.25) is 0 Å². The number of likely N-dealkylation sites (tertiary alicyclic amines) is 1. The number of nitro groups is 1. The Morgan fingerprint density at radius 2 is 2.05 bits per heavy atom. The minimum atomic E-state index is -0.585. The zero-order chi connectivity index (χ0) is 14.8. The lowest BCUT2D eigenvalue weighted by molar-refractivity contribution is -0.487. The van der Waals surface area contributed by atoms with Crippen LogP contribution in [-0.4, -0.2) is 40.6 Å². The maximum Gasteiger partial charge on any atom is 0.410 e. The average molecular weight is 272 g/mol. The normalized spacial score (nSPS) is 23.0. The average Bonchev–Trinajstić information content (AvgIpc) is 2.17. The van der Waals surface area contributed by atoms with Gasteiger partial charge in [0.1, 0.15) is 5.60 Å². The third-order valence-corrected chi connectivity index (χ3v) is 3.18. The molecule has 0 aromatic heterocycles. The second-order valence-corrected chi connectivity index (χ2v) is 6.98. The summed E-state index contributed by atoms with van der Waals surface area (Å²) in [6, 6.07) is -0.363. The highest BCUT2D eigenvalue weighted by Crippen LogP contribution is 2.32. The molecule has 0 aromatic carbocycles. The number of amides is 1. The van der Waals surface area contributed by atoms with Gasteiger partial charge in [0.2, 0.25) is 6.54 Å². The molecule has 0 saturated carbocycles. The van der Waals surface area contributed by atoms with Crippen LogP contribution in [0.4, 0.5) is 4.79 Å². The van der Waals surface area contributed by atoms with Crippen molar-refractivity contribution in [3.8, 4) is 0 Å². The standard InChI is InChI=1S/C13H24N2O4/c1-12(2,3)19-11(16)14-9-13(4,5)7-6-10(14)8-15(17)18/h10H,6-9H2,1-5H3. The van der Waals surface area contributed by atoms with Crippen LogP contribution in [0.5, 0.6) is 0 Å². The molecule has 0 bridgehead atoms. The molecule has 0 N–H and O–H groups in total. The van der Waals surface area contributed by atoms with Crippen molar-refractivity contribution >= 4 is 6.09 Å². The fraction of sp³-hybridized carbons (Fsp3) is 0.923. The molecule has 110 valence electrons. The predicted molar refractivity (Wildman–Crippen MR) is 71.6 cm³/mol. The van der Waals surface area contributed by atoms with E-state index in [4.69, 9.17) is 4.74 Å². The topological polar surface area (TPSA) is 72.7 Å². The van der Waals surface area contributed by atoms with Gasteiger partial charge in [-0.25, -0.2) is 4.79 Å². The summed E-state index contributed by atoms with van der Waals surface area (Å²) in [5.74, 6) is 0. The molecule has 1 amide bonds. The summed E-state index contributed by atoms with van der Waals surface area (Å²) in [6.07, 6.45) is 1.07. The van der Waals surface area contributed by atoms with Crippen LogP contribution in [0.1, 0.15) is 47.5 Å². The van der Waals surface area contributed by atoms with Gasteiger partial charge >= 0.3 is 6.09 Å². The molecule has 1 aliphatic rings. The first-order chi connectivity index (χ1) is 8.50. The smallest absolute Gasteiger partial charge is 0.410 e. The molecule has 0 aromatic rings. The van der Waals surface area contributed by atoms with Gasteiger partial charge in [0.25, 0.3) is 0 Å². The molecule has 19 heavy (non-hydrogen) atoms. The van der Waals surface area contributed by atoms with Gasteiger partial charge in [0.05, 0.1) is 6.04 Å². The number of carbonyl (C=O) groups is 1. The Hall–Kier alpha value is -1.33. The van der Waals surface area contributed by atoms with Crippen molar-refractivity contribution in [3.05, 3.63) is 10.1 Å². The third-order valence-electron chi connectivity index (χ3n) is 3.18. The van der Waals surface area contributed by atoms with Crippen LogP contribution in [0, 0.1) is 15.5 Å². The van der Waals surface area contributed by atoms with E-state index < -0.39 is 11.7 Å². The molecule has 0 spiro atoms. The van der Waals surface area contributed by atoms with E-state index in [9.17, 15) is 14.9 Å². The van der Waals surface area contributed by atoms with Gasteiger partial charge < -0.3 is 4.74 Å². The van der Waals surface area contributed by atoms with Gasteiger partial charge in [0, 0.05) is 11.5 Å². The van der Waals surface area contributed by atoms with Gasteiger partial charge in [-0.1, -0.05) is 13.8 Å². The Morgan fingerprint density at radius 1 is 1.47 bits per heavy atom. The van der Waals surface area contributed by atoms with Crippen LogP contribution >= 0.6 is 0 Å². The first kappa shape index (κ1) is 15.7. The van der Waals surface area contributed by atoms with Gasteiger partial charge in [0.15, 0.2) is 0 Å². The molecule has 1 fully saturated rings. The first-order valence-corrected chi connectivity index (χ1v) is 6.62. The fourth-order valence-electron chi connectivity index (χ4n) is 2.28. The zero-order valence-corrected chi connectivity index (χ0v) is 12.4. The lowest BCUT2D eigenvalue weighted by Gasteiger charge is -2.42. The minimum absolute atomic E-state index is 0.0238. The Morgan fingerprint density at radius 3 is 2.53 bits per heavy atom. The van der Waals surface area contributed by atoms with E-state index in [1.807, 2.05) is 0 Å². The van der Waals surface area contributed by atoms with Crippen molar-refractivity contribution in [3.63, 3.8) is 0 Å². The van der Waals surface area contributed by atoms with Gasteiger partial charge in [-0.2, -0.15) is 0 Å². The molecule has 1 rings (SSSR count). The number of hydrogen-bond acceptors (Lipinski definition) is 4. The highest BCUT2D eigenvalue weighted by molar-refractivity contribution is 5.68. The highest BCUT2D eigenvalue weighted by atomic mass is 16.6. The van der Waals surface area contributed by atoms with Crippen LogP contribution in [0.25, 0.3) is 0 Å². The largest absolute Gasteiger partial charge is 0.444 e. The quantitative estimate of drug-likeness (QED) is 0.572. The summed E-state index contributed by atoms with van der Waals surface area (Å²) in [5.41, 5.74) is -0.609. The van der Waals surface area contributed by atoms with E-state index in [2.05, 4.69) is 13.8 Å². The summed E-state index contributed by atoms with van der Waals surface area (Å²) in [4.78, 5) is 24.0. The number of rotatable bonds is 2. The molecule has 1 unspecified atom stereocenters. The Kier molecular flexibility index (Phi) is 4.43. The lowest BCUT2D eigenvalue weighted by Crippen LogP contribution is -2.53. The predicted octanol–water partition coefficient (Wildman–Crippen LogP) is 2.69. The summed E-state index contributed by atoms with van der Waals surface area (Å²) < 4.78 is 5.35. The summed E-state index contributed by atoms with van der Waals surface area (Å²) in [6.45, 7) is 9.79. The number of piperidine rings is 1. The Balaban J connectivity index is 2.81. The lowest BCUT2D eigenvalue weighted by atomic mass is 9.81. The third kappa shape index (κ3) is 5.04. The van der Waals surface area contributed by atoms with Crippen molar-refractivity contribution < 1.29 is 14.5 Å². The molecular formula is C13H24N2O4. The molecule has 0 aliphatic carbocycles. The zero-order valence-electron chi connectivity index (χ0n) is 12.4. The van der Waals surface area contributed by atoms with Crippen molar-refractivity contribution in [2.75, 3.05) is 13.1 Å². The molecule has 1 saturated heterocycles. The maximum atomic E-state index is 12.2. The fourth-order valence-corrected chi connectivity index (χ4v) is 2.28. The van der Waals surface area contributed by atoms with Crippen molar-refractivity contribution in [2.24, 2.45) is 5.41 Å². The molecule has 6 nitrogen and oxygen atoms in total. The number of carbonyl (C=O) groups excluding carboxylic acids is 1. The molecule has 0 radical (unpaired) electrons. The van der Waals surface area contributed by atoms with Crippen LogP contribution in [-0.2, 0) is 4.74 Å². The number of hydrogen-bond donors (Lipinski definition) is 0. The van der Waals surface area contributed by atoms with E-state index in [1.165, 1.54) is 4.90 Å². The van der Waals surface area contributed by atoms with Gasteiger partial charge in [-0.05, 0) is 39.0 Å². The first-order valence-electron chi connectivity index (χ1n) is 6.62. The van der Waals surface area contributed by atoms with E-state index in [-0.39, 0.29) is 22.9 Å². The highest BCUT2D eigenvalue weighted by Gasteiger charge is 2.39. The van der Waals surface area contributed by atoms with E-state index in [1.54, 1.807) is 20.8 Å². The van der Waals surface area contributed by atoms with Gasteiger partial charge in [-0.15, -0.1) is 0 Å². The molecule has 1 aliphatic heterocycles. The molecule has 6 heteroatoms. The second kappa shape index (κ2) is 5.35. The SMILES string of the molecule is CC1(C)CCC(C[N+](=O)[O-])N(C(=O)OC(C)(C)C)C1. The number of nitrogens with zero attached hydrogens (tertiary/aromatic N) is 2. The maximum absolute atomic E-state index is 12.2. The number of ether oxygens (including phenoxy) is 1. The molecule has 1 heterocycles. The van der Waals surface area contributed by atoms with E-state index in [0.29, 0.717) is 13.0 Å². The second-order valence-electron chi connectivity index (χ2n) is 6.98. The van der Waals surface area contributed by atoms with E-state index >= 15 is 0 Å². The van der Waals surface area contributed by atoms with E-state index in [0.717, 1.165) is 6.42 Å². The monoisotopic (exact) mass is 272 g/mol. The van der Waals surface area contributed by atoms with Gasteiger partial charge in [-0.3, -0.25) is 15.0 Å². The summed E-state index contributed by atoms with van der Waals surface area (Å²) in [5, 5.41) is 10.7. The van der Waals surface area contributed by atoms with Crippen LogP contribution in [0.3, 0.4) is 0 Å². The van der Waals surface area contributed by atoms with Crippen LogP contribution < -0.4 is 0 Å². The molecular weight excluding hydrogens is 248 g/mol.